The summed E-state index contributed by atoms with van der Waals surface area (Å²) in [4.78, 5) is 36.2. The Balaban J connectivity index is -0.000000119. The fourth-order valence-electron chi connectivity index (χ4n) is 0.762. The number of hydrogen-bond donors (Lipinski definition) is 5. The first-order valence-electron chi connectivity index (χ1n) is 7.10. The summed E-state index contributed by atoms with van der Waals surface area (Å²) >= 11 is 0. The predicted octanol–water partition coefficient (Wildman–Crippen LogP) is 0.0425. The molecule has 0 spiro atoms. The minimum Gasteiger partial charge on any atom is -0.481 e. The van der Waals surface area contributed by atoms with Crippen LogP contribution >= 0.6 is 0 Å². The van der Waals surface area contributed by atoms with Crippen LogP contribution in [-0.4, -0.2) is 69.9 Å². The largest absolute Gasteiger partial charge is 0.481 e. The molecule has 0 radical (unpaired) electrons. The summed E-state index contributed by atoms with van der Waals surface area (Å²) in [6, 6.07) is 0. The van der Waals surface area contributed by atoms with Crippen molar-refractivity contribution in [2.75, 3.05) is 26.4 Å². The zero-order valence-corrected chi connectivity index (χ0v) is 14.6. The minimum absolute atomic E-state index is 0.0104. The summed E-state index contributed by atoms with van der Waals surface area (Å²) < 4.78 is 0. The van der Waals surface area contributed by atoms with E-state index in [0.717, 1.165) is 13.8 Å². The van der Waals surface area contributed by atoms with E-state index >= 15 is 0 Å². The quantitative estimate of drug-likeness (QED) is 0.309. The highest BCUT2D eigenvalue weighted by Crippen LogP contribution is 2.02. The SMILES string of the molecule is CC(=O)O.CC(=O)O.CCOOC(C)=O.OCCCC(CO)CO. The highest BCUT2D eigenvalue weighted by molar-refractivity contribution is 5.65. The maximum atomic E-state index is 9.86. The van der Waals surface area contributed by atoms with Crippen LogP contribution in [0.1, 0.15) is 40.5 Å². The second-order valence-electron chi connectivity index (χ2n) is 4.12. The van der Waals surface area contributed by atoms with Gasteiger partial charge in [0.05, 0.1) is 6.61 Å². The summed E-state index contributed by atoms with van der Waals surface area (Å²) in [6.45, 7) is 5.75. The van der Waals surface area contributed by atoms with Crippen molar-refractivity contribution in [2.45, 2.75) is 40.5 Å². The fraction of sp³-hybridized carbons (Fsp3) is 0.786. The third-order valence-corrected chi connectivity index (χ3v) is 1.58. The van der Waals surface area contributed by atoms with Gasteiger partial charge in [-0.3, -0.25) is 14.5 Å². The molecule has 0 unspecified atom stereocenters. The highest BCUT2D eigenvalue weighted by atomic mass is 17.2. The Kier molecular flexibility index (Phi) is 32.9. The van der Waals surface area contributed by atoms with E-state index in [4.69, 9.17) is 35.1 Å². The van der Waals surface area contributed by atoms with Gasteiger partial charge in [0.25, 0.3) is 11.9 Å². The number of rotatable bonds is 7. The van der Waals surface area contributed by atoms with Crippen molar-refractivity contribution in [1.82, 2.24) is 0 Å². The van der Waals surface area contributed by atoms with Crippen LogP contribution in [0.15, 0.2) is 0 Å². The third-order valence-electron chi connectivity index (χ3n) is 1.58. The second kappa shape index (κ2) is 26.2. The summed E-state index contributed by atoms with van der Waals surface area (Å²) in [5.74, 6) is -2.13. The van der Waals surface area contributed by atoms with Crippen molar-refractivity contribution in [1.29, 1.82) is 0 Å². The van der Waals surface area contributed by atoms with Crippen molar-refractivity contribution in [3.05, 3.63) is 0 Å². The molecule has 0 saturated heterocycles. The molecular formula is C14H30O10. The molecule has 146 valence electrons. The van der Waals surface area contributed by atoms with E-state index in [2.05, 4.69) is 9.78 Å². The lowest BCUT2D eigenvalue weighted by atomic mass is 10.1. The molecule has 0 atom stereocenters. The average molecular weight is 358 g/mol. The van der Waals surface area contributed by atoms with Gasteiger partial charge in [0.2, 0.25) is 0 Å². The van der Waals surface area contributed by atoms with Crippen LogP contribution in [-0.2, 0) is 24.2 Å². The van der Waals surface area contributed by atoms with Gasteiger partial charge >= 0.3 is 5.97 Å². The number of carboxylic acids is 2. The Morgan fingerprint density at radius 2 is 1.29 bits per heavy atom. The molecule has 10 heteroatoms. The molecule has 0 fully saturated rings. The number of aliphatic hydroxyl groups is 3. The molecular weight excluding hydrogens is 328 g/mol. The molecule has 0 amide bonds. The van der Waals surface area contributed by atoms with E-state index in [-0.39, 0.29) is 25.7 Å². The second-order valence-corrected chi connectivity index (χ2v) is 4.12. The molecule has 0 aromatic rings. The van der Waals surface area contributed by atoms with Crippen molar-refractivity contribution in [3.63, 3.8) is 0 Å². The summed E-state index contributed by atoms with van der Waals surface area (Å²) in [7, 11) is 0. The van der Waals surface area contributed by atoms with Crippen LogP contribution in [0.25, 0.3) is 0 Å². The van der Waals surface area contributed by atoms with Crippen molar-refractivity contribution in [2.24, 2.45) is 5.92 Å². The normalized spacial score (nSPS) is 8.50. The summed E-state index contributed by atoms with van der Waals surface area (Å²) in [6.07, 6.45) is 1.36. The first-order chi connectivity index (χ1) is 11.1. The number of carboxylic acid groups (broad SMARTS) is 2. The number of carbonyl (C=O) groups excluding carboxylic acids is 1. The molecule has 0 saturated carbocycles. The van der Waals surface area contributed by atoms with Crippen LogP contribution in [0.3, 0.4) is 0 Å². The standard InChI is InChI=1S/C6H14O3.C4H8O3.2C2H4O2/c7-3-1-2-6(4-8)5-9;1-3-6-7-4(2)5;2*1-2(3)4/h6-9H,1-5H2;3H2,1-2H3;2*1H3,(H,3,4). The van der Waals surface area contributed by atoms with Gasteiger partial charge in [-0.1, -0.05) is 0 Å². The molecule has 0 aromatic heterocycles. The van der Waals surface area contributed by atoms with Gasteiger partial charge < -0.3 is 25.5 Å². The van der Waals surface area contributed by atoms with E-state index in [1.54, 1.807) is 6.92 Å². The molecule has 24 heavy (non-hydrogen) atoms. The first-order valence-corrected chi connectivity index (χ1v) is 7.10. The van der Waals surface area contributed by atoms with E-state index in [9.17, 15) is 4.79 Å². The van der Waals surface area contributed by atoms with Crippen molar-refractivity contribution < 1.29 is 49.7 Å². The van der Waals surface area contributed by atoms with Crippen LogP contribution in [0.5, 0.6) is 0 Å². The Labute approximate surface area is 141 Å². The summed E-state index contributed by atoms with van der Waals surface area (Å²) in [5, 5.41) is 40.2. The zero-order valence-electron chi connectivity index (χ0n) is 14.6. The maximum Gasteiger partial charge on any atom is 0.339 e. The minimum atomic E-state index is -0.833. The number of carbonyl (C=O) groups is 3. The Morgan fingerprint density at radius 1 is 0.917 bits per heavy atom. The van der Waals surface area contributed by atoms with Crippen molar-refractivity contribution in [3.8, 4) is 0 Å². The van der Waals surface area contributed by atoms with Crippen molar-refractivity contribution >= 4 is 17.9 Å². The Hall–Kier alpha value is -1.75. The highest BCUT2D eigenvalue weighted by Gasteiger charge is 2.03. The first kappa shape index (κ1) is 30.2. The van der Waals surface area contributed by atoms with E-state index in [1.807, 2.05) is 0 Å². The molecule has 0 rings (SSSR count). The van der Waals surface area contributed by atoms with Gasteiger partial charge in [-0.05, 0) is 19.8 Å². The van der Waals surface area contributed by atoms with E-state index < -0.39 is 17.9 Å². The Bertz CT molecular complexity index is 269. The Morgan fingerprint density at radius 3 is 1.46 bits per heavy atom. The molecule has 0 bridgehead atoms. The molecule has 0 aliphatic rings. The predicted molar refractivity (Wildman–Crippen MR) is 84.0 cm³/mol. The molecule has 0 aliphatic heterocycles. The third kappa shape index (κ3) is 71.4. The fourth-order valence-corrected chi connectivity index (χ4v) is 0.762. The van der Waals surface area contributed by atoms with Crippen LogP contribution < -0.4 is 0 Å². The lowest BCUT2D eigenvalue weighted by molar-refractivity contribution is -0.267. The molecule has 0 aromatic carbocycles. The molecule has 5 N–H and O–H groups in total. The van der Waals surface area contributed by atoms with Crippen LogP contribution in [0, 0.1) is 5.92 Å². The van der Waals surface area contributed by atoms with Gasteiger partial charge in [-0.25, -0.2) is 4.79 Å². The monoisotopic (exact) mass is 358 g/mol. The lowest BCUT2D eigenvalue weighted by Gasteiger charge is -2.07. The topological polar surface area (TPSA) is 171 Å². The van der Waals surface area contributed by atoms with Gasteiger partial charge in [0, 0.05) is 46.5 Å². The maximum absolute atomic E-state index is 9.86. The molecule has 10 nitrogen and oxygen atoms in total. The van der Waals surface area contributed by atoms with Gasteiger partial charge in [-0.15, -0.1) is 0 Å². The lowest BCUT2D eigenvalue weighted by Crippen LogP contribution is -2.11. The average Bonchev–Trinajstić information content (AvgIpc) is 2.46. The van der Waals surface area contributed by atoms with Crippen LogP contribution in [0.2, 0.25) is 0 Å². The van der Waals surface area contributed by atoms with Gasteiger partial charge in [0.1, 0.15) is 0 Å². The molecule has 0 heterocycles. The van der Waals surface area contributed by atoms with Crippen LogP contribution in [0.4, 0.5) is 0 Å². The summed E-state index contributed by atoms with van der Waals surface area (Å²) in [5.41, 5.74) is 0. The zero-order chi connectivity index (χ0) is 20.0. The van der Waals surface area contributed by atoms with Gasteiger partial charge in [0.15, 0.2) is 0 Å². The smallest absolute Gasteiger partial charge is 0.339 e. The number of aliphatic carboxylic acids is 2. The van der Waals surface area contributed by atoms with Gasteiger partial charge in [-0.2, -0.15) is 4.89 Å². The van der Waals surface area contributed by atoms with E-state index in [0.29, 0.717) is 19.4 Å². The number of hydrogen-bond acceptors (Lipinski definition) is 8. The number of aliphatic hydroxyl groups excluding tert-OH is 3. The van der Waals surface area contributed by atoms with E-state index in [1.165, 1.54) is 6.92 Å². The molecule has 0 aliphatic carbocycles.